The lowest BCUT2D eigenvalue weighted by molar-refractivity contribution is 0.0694. The standard InChI is InChI=1S/C24H22N4O4/c1-30-19-9-7-17(8-10-19)22-25-23(32-27-22)18-11-13-28(14-12-18)24(29)20-15-21(31-26-20)16-5-3-2-4-6-16/h2-10,15,18H,11-14H2,1H3. The van der Waals surface area contributed by atoms with E-state index in [0.29, 0.717) is 36.3 Å². The molecule has 0 bridgehead atoms. The molecule has 0 spiro atoms. The van der Waals surface area contributed by atoms with Crippen LogP contribution in [0, 0.1) is 0 Å². The van der Waals surface area contributed by atoms with Crippen molar-refractivity contribution in [1.82, 2.24) is 20.2 Å². The molecule has 8 heteroatoms. The first-order chi connectivity index (χ1) is 15.7. The first-order valence-corrected chi connectivity index (χ1v) is 10.5. The summed E-state index contributed by atoms with van der Waals surface area (Å²) >= 11 is 0. The van der Waals surface area contributed by atoms with Gasteiger partial charge >= 0.3 is 0 Å². The van der Waals surface area contributed by atoms with Crippen molar-refractivity contribution in [2.24, 2.45) is 0 Å². The maximum atomic E-state index is 12.9. The van der Waals surface area contributed by atoms with Gasteiger partial charge in [-0.25, -0.2) is 0 Å². The van der Waals surface area contributed by atoms with Crippen molar-refractivity contribution in [2.45, 2.75) is 18.8 Å². The number of hydrogen-bond acceptors (Lipinski definition) is 7. The van der Waals surface area contributed by atoms with Crippen molar-refractivity contribution >= 4 is 5.91 Å². The monoisotopic (exact) mass is 430 g/mol. The smallest absolute Gasteiger partial charge is 0.276 e. The summed E-state index contributed by atoms with van der Waals surface area (Å²) in [6.45, 7) is 1.19. The number of rotatable bonds is 5. The van der Waals surface area contributed by atoms with Gasteiger partial charge in [0.25, 0.3) is 5.91 Å². The quantitative estimate of drug-likeness (QED) is 0.462. The Morgan fingerprint density at radius 2 is 1.72 bits per heavy atom. The molecule has 4 aromatic rings. The number of carbonyl (C=O) groups excluding carboxylic acids is 1. The summed E-state index contributed by atoms with van der Waals surface area (Å²) in [6, 6.07) is 18.8. The number of piperidine rings is 1. The number of ether oxygens (including phenoxy) is 1. The average Bonchev–Trinajstić information content (AvgIpc) is 3.55. The molecule has 162 valence electrons. The number of hydrogen-bond donors (Lipinski definition) is 0. The molecule has 5 rings (SSSR count). The highest BCUT2D eigenvalue weighted by atomic mass is 16.5. The Labute approximate surface area is 184 Å². The second-order valence-electron chi connectivity index (χ2n) is 7.69. The molecule has 0 radical (unpaired) electrons. The van der Waals surface area contributed by atoms with E-state index in [1.165, 1.54) is 0 Å². The van der Waals surface area contributed by atoms with Gasteiger partial charge in [-0.1, -0.05) is 40.6 Å². The fraction of sp³-hybridized carbons (Fsp3) is 0.250. The number of amides is 1. The van der Waals surface area contributed by atoms with Crippen molar-refractivity contribution in [1.29, 1.82) is 0 Å². The number of benzene rings is 2. The molecular weight excluding hydrogens is 408 g/mol. The van der Waals surface area contributed by atoms with Crippen molar-refractivity contribution in [3.8, 4) is 28.5 Å². The number of nitrogens with zero attached hydrogens (tertiary/aromatic N) is 4. The minimum Gasteiger partial charge on any atom is -0.497 e. The molecule has 1 aliphatic rings. The fourth-order valence-corrected chi connectivity index (χ4v) is 3.86. The van der Waals surface area contributed by atoms with E-state index in [-0.39, 0.29) is 11.8 Å². The molecule has 1 fully saturated rings. The molecule has 3 heterocycles. The van der Waals surface area contributed by atoms with Crippen molar-refractivity contribution < 1.29 is 18.6 Å². The van der Waals surface area contributed by atoms with E-state index < -0.39 is 0 Å². The number of aromatic nitrogens is 3. The molecule has 2 aromatic heterocycles. The Bertz CT molecular complexity index is 1190. The Morgan fingerprint density at radius 3 is 2.44 bits per heavy atom. The zero-order valence-electron chi connectivity index (χ0n) is 17.6. The van der Waals surface area contributed by atoms with Crippen LogP contribution in [0.5, 0.6) is 5.75 Å². The maximum absolute atomic E-state index is 12.9. The number of methoxy groups -OCH3 is 1. The minimum absolute atomic E-state index is 0.121. The molecule has 0 aliphatic carbocycles. The summed E-state index contributed by atoms with van der Waals surface area (Å²) < 4.78 is 16.1. The van der Waals surface area contributed by atoms with Crippen LogP contribution in [0.25, 0.3) is 22.7 Å². The second-order valence-corrected chi connectivity index (χ2v) is 7.69. The minimum atomic E-state index is -0.126. The van der Waals surface area contributed by atoms with Gasteiger partial charge in [0.05, 0.1) is 7.11 Å². The van der Waals surface area contributed by atoms with Gasteiger partial charge in [-0.15, -0.1) is 0 Å². The van der Waals surface area contributed by atoms with Crippen LogP contribution >= 0.6 is 0 Å². The summed E-state index contributed by atoms with van der Waals surface area (Å²) in [5.41, 5.74) is 2.08. The van der Waals surface area contributed by atoms with Crippen LogP contribution in [0.15, 0.2) is 69.7 Å². The zero-order chi connectivity index (χ0) is 21.9. The Balaban J connectivity index is 1.21. The average molecular weight is 430 g/mol. The summed E-state index contributed by atoms with van der Waals surface area (Å²) in [5.74, 6) is 2.51. The van der Waals surface area contributed by atoms with E-state index in [9.17, 15) is 4.79 Å². The predicted octanol–water partition coefficient (Wildman–Crippen LogP) is 4.42. The van der Waals surface area contributed by atoms with Crippen LogP contribution in [-0.2, 0) is 0 Å². The third-order valence-electron chi connectivity index (χ3n) is 5.71. The van der Waals surface area contributed by atoms with Crippen LogP contribution in [0.2, 0.25) is 0 Å². The SMILES string of the molecule is COc1ccc(-c2noc(C3CCN(C(=O)c4cc(-c5ccccc5)on4)CC3)n2)cc1. The third kappa shape index (κ3) is 3.99. The summed E-state index contributed by atoms with van der Waals surface area (Å²) in [6.07, 6.45) is 1.50. The van der Waals surface area contributed by atoms with Crippen molar-refractivity contribution in [3.05, 3.63) is 72.2 Å². The van der Waals surface area contributed by atoms with Crippen LogP contribution < -0.4 is 4.74 Å². The predicted molar refractivity (Wildman–Crippen MR) is 116 cm³/mol. The van der Waals surface area contributed by atoms with Gasteiger partial charge in [0.1, 0.15) is 5.75 Å². The van der Waals surface area contributed by atoms with Crippen LogP contribution in [0.3, 0.4) is 0 Å². The molecule has 32 heavy (non-hydrogen) atoms. The molecular formula is C24H22N4O4. The van der Waals surface area contributed by atoms with Gasteiger partial charge in [0.15, 0.2) is 11.5 Å². The van der Waals surface area contributed by atoms with Gasteiger partial charge in [-0.05, 0) is 37.1 Å². The highest BCUT2D eigenvalue weighted by Gasteiger charge is 2.29. The first-order valence-electron chi connectivity index (χ1n) is 10.5. The highest BCUT2D eigenvalue weighted by Crippen LogP contribution is 2.30. The second kappa shape index (κ2) is 8.66. The molecule has 0 N–H and O–H groups in total. The molecule has 0 unspecified atom stereocenters. The van der Waals surface area contributed by atoms with Crippen LogP contribution in [0.1, 0.15) is 35.1 Å². The molecule has 0 atom stereocenters. The first kappa shape index (κ1) is 20.0. The van der Waals surface area contributed by atoms with Gasteiger partial charge in [0, 0.05) is 36.2 Å². The maximum Gasteiger partial charge on any atom is 0.276 e. The van der Waals surface area contributed by atoms with Gasteiger partial charge in [0.2, 0.25) is 11.7 Å². The fourth-order valence-electron chi connectivity index (χ4n) is 3.86. The molecule has 2 aromatic carbocycles. The molecule has 1 amide bonds. The van der Waals surface area contributed by atoms with Gasteiger partial charge in [-0.2, -0.15) is 4.98 Å². The third-order valence-corrected chi connectivity index (χ3v) is 5.71. The summed E-state index contributed by atoms with van der Waals surface area (Å²) in [5, 5.41) is 8.10. The van der Waals surface area contributed by atoms with Crippen molar-refractivity contribution in [3.63, 3.8) is 0 Å². The van der Waals surface area contributed by atoms with E-state index in [1.807, 2.05) is 54.6 Å². The Morgan fingerprint density at radius 1 is 0.969 bits per heavy atom. The van der Waals surface area contributed by atoms with E-state index in [2.05, 4.69) is 15.3 Å². The molecule has 1 aliphatic heterocycles. The molecule has 8 nitrogen and oxygen atoms in total. The zero-order valence-corrected chi connectivity index (χ0v) is 17.6. The molecule has 0 saturated carbocycles. The normalized spacial score (nSPS) is 14.5. The number of carbonyl (C=O) groups is 1. The Kier molecular flexibility index (Phi) is 5.41. The van der Waals surface area contributed by atoms with E-state index >= 15 is 0 Å². The lowest BCUT2D eigenvalue weighted by Gasteiger charge is -2.29. The topological polar surface area (TPSA) is 94.5 Å². The van der Waals surface area contributed by atoms with Gasteiger partial charge in [-0.3, -0.25) is 4.79 Å². The lowest BCUT2D eigenvalue weighted by Crippen LogP contribution is -2.38. The van der Waals surface area contributed by atoms with E-state index in [0.717, 1.165) is 29.7 Å². The van der Waals surface area contributed by atoms with E-state index in [4.69, 9.17) is 13.8 Å². The highest BCUT2D eigenvalue weighted by molar-refractivity contribution is 5.93. The van der Waals surface area contributed by atoms with Crippen LogP contribution in [-0.4, -0.2) is 46.3 Å². The summed E-state index contributed by atoms with van der Waals surface area (Å²) in [7, 11) is 1.63. The summed E-state index contributed by atoms with van der Waals surface area (Å²) in [4.78, 5) is 19.2. The molecule has 1 saturated heterocycles. The lowest BCUT2D eigenvalue weighted by atomic mass is 9.96. The van der Waals surface area contributed by atoms with Crippen LogP contribution in [0.4, 0.5) is 0 Å². The van der Waals surface area contributed by atoms with Crippen molar-refractivity contribution in [2.75, 3.05) is 20.2 Å². The van der Waals surface area contributed by atoms with E-state index in [1.54, 1.807) is 18.1 Å². The Hall–Kier alpha value is -3.94. The number of likely N-dealkylation sites (tertiary alicyclic amines) is 1. The largest absolute Gasteiger partial charge is 0.497 e. The van der Waals surface area contributed by atoms with Gasteiger partial charge < -0.3 is 18.7 Å².